The zero-order valence-electron chi connectivity index (χ0n) is 9.47. The molecule has 76 valence electrons. The van der Waals surface area contributed by atoms with E-state index < -0.39 is 0 Å². The van der Waals surface area contributed by atoms with Crippen LogP contribution in [-0.4, -0.2) is 0 Å². The maximum absolute atomic E-state index is 2.46. The average molecular weight is 180 g/mol. The van der Waals surface area contributed by atoms with Gasteiger partial charge in [0.15, 0.2) is 0 Å². The highest BCUT2D eigenvalue weighted by atomic mass is 14.3. The van der Waals surface area contributed by atoms with Gasteiger partial charge in [0, 0.05) is 0 Å². The van der Waals surface area contributed by atoms with Crippen LogP contribution < -0.4 is 0 Å². The van der Waals surface area contributed by atoms with Crippen molar-refractivity contribution in [3.8, 4) is 0 Å². The smallest absolute Gasteiger partial charge is 0.0317 e. The zero-order valence-corrected chi connectivity index (χ0v) is 9.47. The van der Waals surface area contributed by atoms with Crippen LogP contribution in [0.15, 0.2) is 11.6 Å². The lowest BCUT2D eigenvalue weighted by Gasteiger charge is -2.28. The topological polar surface area (TPSA) is 0 Å². The van der Waals surface area contributed by atoms with Gasteiger partial charge in [0.2, 0.25) is 0 Å². The van der Waals surface area contributed by atoms with Gasteiger partial charge in [-0.3, -0.25) is 0 Å². The molecule has 0 bridgehead atoms. The molecule has 0 saturated carbocycles. The lowest BCUT2D eigenvalue weighted by atomic mass is 9.78. The minimum absolute atomic E-state index is 0.994. The molecule has 0 aromatic carbocycles. The van der Waals surface area contributed by atoms with Gasteiger partial charge < -0.3 is 0 Å². The van der Waals surface area contributed by atoms with Crippen molar-refractivity contribution in [1.82, 2.24) is 0 Å². The Hall–Kier alpha value is -0.260. The summed E-state index contributed by atoms with van der Waals surface area (Å²) >= 11 is 0. The van der Waals surface area contributed by atoms with Crippen LogP contribution in [0.5, 0.6) is 0 Å². The van der Waals surface area contributed by atoms with E-state index in [1.165, 1.54) is 38.5 Å². The van der Waals surface area contributed by atoms with Gasteiger partial charge in [-0.15, -0.1) is 0 Å². The van der Waals surface area contributed by atoms with E-state index in [0.717, 1.165) is 11.8 Å². The van der Waals surface area contributed by atoms with Crippen LogP contribution in [0.3, 0.4) is 0 Å². The van der Waals surface area contributed by atoms with Crippen molar-refractivity contribution >= 4 is 0 Å². The predicted molar refractivity (Wildman–Crippen MR) is 59.8 cm³/mol. The second-order valence-corrected chi connectivity index (χ2v) is 4.54. The Morgan fingerprint density at radius 1 is 1.46 bits per heavy atom. The molecule has 0 nitrogen and oxygen atoms in total. The molecule has 0 aliphatic heterocycles. The van der Waals surface area contributed by atoms with Crippen molar-refractivity contribution in [2.24, 2.45) is 11.8 Å². The van der Waals surface area contributed by atoms with Gasteiger partial charge in [-0.1, -0.05) is 44.8 Å². The first-order valence-corrected chi connectivity index (χ1v) is 5.93. The van der Waals surface area contributed by atoms with Gasteiger partial charge in [-0.05, 0) is 38.0 Å². The van der Waals surface area contributed by atoms with E-state index in [2.05, 4.69) is 26.8 Å². The Balaban J connectivity index is 2.42. The highest BCUT2D eigenvalue weighted by Gasteiger charge is 2.20. The summed E-state index contributed by atoms with van der Waals surface area (Å²) in [5, 5.41) is 0. The fourth-order valence-electron chi connectivity index (χ4n) is 2.56. The molecule has 0 aromatic rings. The third-order valence-electron chi connectivity index (χ3n) is 3.53. The Bertz CT molecular complexity index is 167. The van der Waals surface area contributed by atoms with Gasteiger partial charge in [-0.25, -0.2) is 0 Å². The third kappa shape index (κ3) is 3.17. The lowest BCUT2D eigenvalue weighted by Crippen LogP contribution is -2.16. The van der Waals surface area contributed by atoms with Gasteiger partial charge in [0.1, 0.15) is 0 Å². The Kier molecular flexibility index (Phi) is 4.55. The lowest BCUT2D eigenvalue weighted by molar-refractivity contribution is 0.278. The van der Waals surface area contributed by atoms with Crippen LogP contribution in [0.1, 0.15) is 59.3 Å². The fraction of sp³-hybridized carbons (Fsp3) is 0.846. The van der Waals surface area contributed by atoms with Crippen LogP contribution in [0.25, 0.3) is 0 Å². The monoisotopic (exact) mass is 180 g/mol. The normalized spacial score (nSPS) is 25.5. The predicted octanol–water partition coefficient (Wildman–Crippen LogP) is 4.56. The van der Waals surface area contributed by atoms with Crippen LogP contribution >= 0.6 is 0 Å². The van der Waals surface area contributed by atoms with Crippen molar-refractivity contribution in [3.63, 3.8) is 0 Å². The second-order valence-electron chi connectivity index (χ2n) is 4.54. The molecule has 1 rings (SSSR count). The molecule has 0 fully saturated rings. The molecule has 0 heteroatoms. The molecule has 1 aliphatic rings. The Labute approximate surface area is 83.4 Å². The molecule has 13 heavy (non-hydrogen) atoms. The van der Waals surface area contributed by atoms with Crippen LogP contribution in [0.4, 0.5) is 0 Å². The molecule has 0 radical (unpaired) electrons. The molecular formula is C13H24. The number of rotatable bonds is 4. The van der Waals surface area contributed by atoms with Crippen LogP contribution in [0.2, 0.25) is 0 Å². The maximum atomic E-state index is 2.46. The van der Waals surface area contributed by atoms with E-state index in [9.17, 15) is 0 Å². The summed E-state index contributed by atoms with van der Waals surface area (Å²) in [6.07, 6.45) is 10.8. The molecule has 0 saturated heterocycles. The summed E-state index contributed by atoms with van der Waals surface area (Å²) in [6, 6.07) is 0. The fourth-order valence-corrected chi connectivity index (χ4v) is 2.56. The summed E-state index contributed by atoms with van der Waals surface area (Å²) in [4.78, 5) is 0. The molecule has 0 aromatic heterocycles. The molecule has 0 N–H and O–H groups in total. The van der Waals surface area contributed by atoms with Gasteiger partial charge >= 0.3 is 0 Å². The van der Waals surface area contributed by atoms with E-state index in [-0.39, 0.29) is 0 Å². The van der Waals surface area contributed by atoms with Gasteiger partial charge in [0.25, 0.3) is 0 Å². The van der Waals surface area contributed by atoms with E-state index in [1.54, 1.807) is 5.57 Å². The van der Waals surface area contributed by atoms with Gasteiger partial charge in [-0.2, -0.15) is 0 Å². The second kappa shape index (κ2) is 5.47. The number of hydrogen-bond acceptors (Lipinski definition) is 0. The average Bonchev–Trinajstić information content (AvgIpc) is 2.16. The largest absolute Gasteiger partial charge is 0.0853 e. The van der Waals surface area contributed by atoms with E-state index in [4.69, 9.17) is 0 Å². The van der Waals surface area contributed by atoms with E-state index in [1.807, 2.05) is 0 Å². The first-order chi connectivity index (χ1) is 6.27. The van der Waals surface area contributed by atoms with Crippen molar-refractivity contribution in [2.45, 2.75) is 59.3 Å². The number of hydrogen-bond donors (Lipinski definition) is 0. The minimum atomic E-state index is 0.994. The van der Waals surface area contributed by atoms with Crippen molar-refractivity contribution < 1.29 is 0 Å². The SMILES string of the molecule is CCCC(CC)[C@H]1CC=C(C)CC1. The molecule has 0 amide bonds. The highest BCUT2D eigenvalue weighted by molar-refractivity contribution is 5.03. The number of allylic oxidation sites excluding steroid dienone is 2. The van der Waals surface area contributed by atoms with Crippen LogP contribution in [0, 0.1) is 11.8 Å². The Morgan fingerprint density at radius 3 is 2.69 bits per heavy atom. The molecule has 1 aliphatic carbocycles. The van der Waals surface area contributed by atoms with Crippen molar-refractivity contribution in [1.29, 1.82) is 0 Å². The van der Waals surface area contributed by atoms with E-state index in [0.29, 0.717) is 0 Å². The third-order valence-corrected chi connectivity index (χ3v) is 3.53. The summed E-state index contributed by atoms with van der Waals surface area (Å²) in [7, 11) is 0. The molecule has 2 atom stereocenters. The first kappa shape index (κ1) is 10.8. The molecule has 1 unspecified atom stereocenters. The van der Waals surface area contributed by atoms with Crippen molar-refractivity contribution in [3.05, 3.63) is 11.6 Å². The summed E-state index contributed by atoms with van der Waals surface area (Å²) < 4.78 is 0. The van der Waals surface area contributed by atoms with Crippen molar-refractivity contribution in [2.75, 3.05) is 0 Å². The first-order valence-electron chi connectivity index (χ1n) is 5.93. The highest BCUT2D eigenvalue weighted by Crippen LogP contribution is 2.33. The molecule has 0 heterocycles. The summed E-state index contributed by atoms with van der Waals surface area (Å²) in [5.74, 6) is 1.99. The maximum Gasteiger partial charge on any atom is -0.0317 e. The summed E-state index contributed by atoms with van der Waals surface area (Å²) in [6.45, 7) is 6.94. The quantitative estimate of drug-likeness (QED) is 0.556. The Morgan fingerprint density at radius 2 is 2.23 bits per heavy atom. The van der Waals surface area contributed by atoms with E-state index >= 15 is 0 Å². The minimum Gasteiger partial charge on any atom is -0.0853 e. The zero-order chi connectivity index (χ0) is 9.68. The molecular weight excluding hydrogens is 156 g/mol. The standard InChI is InChI=1S/C13H24/c1-4-6-12(5-2)13-9-7-11(3)8-10-13/h7,12-13H,4-6,8-10H2,1-3H3/t12?,13-/m0/s1. The molecule has 0 spiro atoms. The van der Waals surface area contributed by atoms with Crippen LogP contribution in [-0.2, 0) is 0 Å². The van der Waals surface area contributed by atoms with Gasteiger partial charge in [0.05, 0.1) is 0 Å². The summed E-state index contributed by atoms with van der Waals surface area (Å²) in [5.41, 5.74) is 1.61.